The van der Waals surface area contributed by atoms with Gasteiger partial charge < -0.3 is 9.30 Å². The predicted molar refractivity (Wildman–Crippen MR) is 118 cm³/mol. The van der Waals surface area contributed by atoms with Gasteiger partial charge in [0.05, 0.1) is 35.3 Å². The number of aliphatic imine (C=N–C) groups is 1. The Bertz CT molecular complexity index is 1200. The van der Waals surface area contributed by atoms with E-state index in [1.165, 1.54) is 16.6 Å². The Labute approximate surface area is 168 Å². The number of benzene rings is 2. The molecule has 0 spiro atoms. The van der Waals surface area contributed by atoms with Crippen molar-refractivity contribution in [1.29, 1.82) is 0 Å². The van der Waals surface area contributed by atoms with Crippen LogP contribution in [0.4, 0.5) is 5.69 Å². The van der Waals surface area contributed by atoms with Crippen LogP contribution in [0.25, 0.3) is 21.7 Å². The molecule has 0 N–H and O–H groups in total. The second kappa shape index (κ2) is 7.41. The molecule has 1 aliphatic heterocycles. The number of para-hydroxylation sites is 1. The number of nitrogens with zero attached hydrogens (tertiary/aromatic N) is 3. The molecule has 0 unspecified atom stereocenters. The van der Waals surface area contributed by atoms with E-state index in [0.717, 1.165) is 39.5 Å². The summed E-state index contributed by atoms with van der Waals surface area (Å²) in [5.41, 5.74) is 5.56. The van der Waals surface area contributed by atoms with E-state index >= 15 is 0 Å². The van der Waals surface area contributed by atoms with Crippen LogP contribution < -0.4 is 0 Å². The summed E-state index contributed by atoms with van der Waals surface area (Å²) in [6.45, 7) is 3.21. The first-order valence-electron chi connectivity index (χ1n) is 9.53. The average molecular weight is 388 g/mol. The maximum atomic E-state index is 5.53. The van der Waals surface area contributed by atoms with E-state index in [1.54, 1.807) is 0 Å². The van der Waals surface area contributed by atoms with E-state index in [4.69, 9.17) is 9.73 Å². The van der Waals surface area contributed by atoms with Gasteiger partial charge >= 0.3 is 0 Å². The van der Waals surface area contributed by atoms with Crippen LogP contribution in [0.15, 0.2) is 65.8 Å². The quantitative estimate of drug-likeness (QED) is 0.461. The monoisotopic (exact) mass is 387 g/mol. The topological polar surface area (TPSA) is 39.4 Å². The van der Waals surface area contributed by atoms with E-state index in [9.17, 15) is 0 Å². The maximum absolute atomic E-state index is 5.53. The zero-order valence-corrected chi connectivity index (χ0v) is 16.6. The van der Waals surface area contributed by atoms with Crippen LogP contribution in [0.3, 0.4) is 0 Å². The summed E-state index contributed by atoms with van der Waals surface area (Å²) in [6, 6.07) is 19.2. The highest BCUT2D eigenvalue weighted by atomic mass is 32.2. The number of rotatable bonds is 4. The Morgan fingerprint density at radius 3 is 2.93 bits per heavy atom. The van der Waals surface area contributed by atoms with Crippen molar-refractivity contribution < 1.29 is 4.74 Å². The number of aromatic nitrogens is 2. The fourth-order valence-corrected chi connectivity index (χ4v) is 4.67. The molecule has 0 bridgehead atoms. The van der Waals surface area contributed by atoms with Gasteiger partial charge in [0.25, 0.3) is 0 Å². The summed E-state index contributed by atoms with van der Waals surface area (Å²) < 4.78 is 7.90. The van der Waals surface area contributed by atoms with Gasteiger partial charge in [-0.05, 0) is 31.2 Å². The van der Waals surface area contributed by atoms with Crippen molar-refractivity contribution in [2.75, 3.05) is 12.4 Å². The van der Waals surface area contributed by atoms with Crippen molar-refractivity contribution in [3.8, 4) is 0 Å². The molecule has 0 atom stereocenters. The highest BCUT2D eigenvalue weighted by Gasteiger charge is 2.19. The third kappa shape index (κ3) is 3.11. The van der Waals surface area contributed by atoms with Gasteiger partial charge in [-0.1, -0.05) is 30.3 Å². The smallest absolute Gasteiger partial charge is 0.0887 e. The molecule has 4 nitrogen and oxygen atoms in total. The SMILES string of the molecule is CCOCc1cc2c(N=C3CSCn4c3cc3ccccc34)cccc2cn1. The molecule has 0 amide bonds. The van der Waals surface area contributed by atoms with E-state index in [1.807, 2.05) is 24.9 Å². The van der Waals surface area contributed by atoms with Gasteiger partial charge in [-0.15, -0.1) is 11.8 Å². The van der Waals surface area contributed by atoms with Crippen molar-refractivity contribution in [3.63, 3.8) is 0 Å². The van der Waals surface area contributed by atoms with Crippen LogP contribution in [0.2, 0.25) is 0 Å². The van der Waals surface area contributed by atoms with Crippen molar-refractivity contribution >= 4 is 44.8 Å². The van der Waals surface area contributed by atoms with Gasteiger partial charge in [0, 0.05) is 40.2 Å². The third-order valence-corrected chi connectivity index (χ3v) is 5.99. The summed E-state index contributed by atoms with van der Waals surface area (Å²) in [5, 5.41) is 3.50. The molecule has 2 aromatic carbocycles. The standard InChI is InChI=1S/C23H21N3OS/c1-2-27-13-18-11-19-17(12-24-18)7-5-8-20(19)25-21-14-28-15-26-22-9-4-3-6-16(22)10-23(21)26/h3-12H,2,13-15H2,1H3. The molecule has 3 heterocycles. The van der Waals surface area contributed by atoms with Gasteiger partial charge in [-0.2, -0.15) is 0 Å². The van der Waals surface area contributed by atoms with Gasteiger partial charge in [0.2, 0.25) is 0 Å². The second-order valence-corrected chi connectivity index (χ2v) is 7.82. The van der Waals surface area contributed by atoms with Crippen molar-refractivity contribution in [2.45, 2.75) is 19.4 Å². The molecule has 4 aromatic rings. The number of pyridine rings is 1. The van der Waals surface area contributed by atoms with Crippen molar-refractivity contribution in [1.82, 2.24) is 9.55 Å². The fraction of sp³-hybridized carbons (Fsp3) is 0.217. The Hall–Kier alpha value is -2.63. The van der Waals surface area contributed by atoms with Gasteiger partial charge in [-0.25, -0.2) is 4.99 Å². The van der Waals surface area contributed by atoms with Crippen LogP contribution in [-0.2, 0) is 17.2 Å². The van der Waals surface area contributed by atoms with Crippen LogP contribution in [-0.4, -0.2) is 27.6 Å². The lowest BCUT2D eigenvalue weighted by Crippen LogP contribution is -2.17. The largest absolute Gasteiger partial charge is 0.375 e. The number of thioether (sulfide) groups is 1. The van der Waals surface area contributed by atoms with Gasteiger partial charge in [0.1, 0.15) is 0 Å². The summed E-state index contributed by atoms with van der Waals surface area (Å²) >= 11 is 1.90. The van der Waals surface area contributed by atoms with E-state index in [0.29, 0.717) is 13.2 Å². The molecule has 1 aliphatic rings. The van der Waals surface area contributed by atoms with Gasteiger partial charge in [0.15, 0.2) is 0 Å². The molecular weight excluding hydrogens is 366 g/mol. The van der Waals surface area contributed by atoms with Crippen LogP contribution in [0, 0.1) is 0 Å². The molecule has 0 fully saturated rings. The molecule has 5 rings (SSSR count). The van der Waals surface area contributed by atoms with Crippen LogP contribution in [0.1, 0.15) is 18.3 Å². The van der Waals surface area contributed by atoms with E-state index in [-0.39, 0.29) is 0 Å². The minimum atomic E-state index is 0.529. The number of ether oxygens (including phenoxy) is 1. The molecular formula is C23H21N3OS. The molecule has 2 aromatic heterocycles. The Kier molecular flexibility index (Phi) is 4.63. The Morgan fingerprint density at radius 1 is 1.11 bits per heavy atom. The molecule has 5 heteroatoms. The minimum absolute atomic E-state index is 0.529. The van der Waals surface area contributed by atoms with Crippen molar-refractivity contribution in [3.05, 3.63) is 72.2 Å². The molecule has 28 heavy (non-hydrogen) atoms. The Morgan fingerprint density at radius 2 is 2.00 bits per heavy atom. The van der Waals surface area contributed by atoms with Crippen LogP contribution in [0.5, 0.6) is 0 Å². The summed E-state index contributed by atoms with van der Waals surface area (Å²) in [6.07, 6.45) is 1.92. The molecule has 140 valence electrons. The van der Waals surface area contributed by atoms with Crippen LogP contribution >= 0.6 is 11.8 Å². The zero-order chi connectivity index (χ0) is 18.9. The first kappa shape index (κ1) is 17.5. The molecule has 0 aliphatic carbocycles. The number of hydrogen-bond acceptors (Lipinski definition) is 4. The number of fused-ring (bicyclic) bond motifs is 4. The summed E-state index contributed by atoms with van der Waals surface area (Å²) in [7, 11) is 0. The lowest BCUT2D eigenvalue weighted by Gasteiger charge is -2.18. The lowest BCUT2D eigenvalue weighted by molar-refractivity contribution is 0.131. The third-order valence-electron chi connectivity index (χ3n) is 5.07. The normalized spacial score (nSPS) is 15.4. The summed E-state index contributed by atoms with van der Waals surface area (Å²) in [4.78, 5) is 9.63. The number of hydrogen-bond donors (Lipinski definition) is 0. The first-order valence-corrected chi connectivity index (χ1v) is 10.7. The van der Waals surface area contributed by atoms with Crippen molar-refractivity contribution in [2.24, 2.45) is 4.99 Å². The van der Waals surface area contributed by atoms with E-state index < -0.39 is 0 Å². The molecule has 0 saturated heterocycles. The maximum Gasteiger partial charge on any atom is 0.0887 e. The lowest BCUT2D eigenvalue weighted by atomic mass is 10.1. The molecule has 0 radical (unpaired) electrons. The molecule has 0 saturated carbocycles. The highest BCUT2D eigenvalue weighted by molar-refractivity contribution is 7.99. The van der Waals surface area contributed by atoms with E-state index in [2.05, 4.69) is 64.1 Å². The fourth-order valence-electron chi connectivity index (χ4n) is 3.71. The summed E-state index contributed by atoms with van der Waals surface area (Å²) in [5.74, 6) is 1.89. The Balaban J connectivity index is 1.63. The predicted octanol–water partition coefficient (Wildman–Crippen LogP) is 5.55. The van der Waals surface area contributed by atoms with Gasteiger partial charge in [-0.3, -0.25) is 4.98 Å². The second-order valence-electron chi connectivity index (χ2n) is 6.86. The zero-order valence-electron chi connectivity index (χ0n) is 15.8. The average Bonchev–Trinajstić information content (AvgIpc) is 3.12. The minimum Gasteiger partial charge on any atom is -0.375 e. The highest BCUT2D eigenvalue weighted by Crippen LogP contribution is 2.31. The first-order chi connectivity index (χ1) is 13.8.